The normalized spacial score (nSPS) is 10.8. The number of hydrogen-bond acceptors (Lipinski definition) is 2. The van der Waals surface area contributed by atoms with Crippen LogP contribution in [0.5, 0.6) is 0 Å². The van der Waals surface area contributed by atoms with Gasteiger partial charge in [0.2, 0.25) is 0 Å². The summed E-state index contributed by atoms with van der Waals surface area (Å²) in [6.07, 6.45) is 22.2. The molecule has 0 spiro atoms. The van der Waals surface area contributed by atoms with Crippen molar-refractivity contribution < 1.29 is 24.4 Å². The van der Waals surface area contributed by atoms with Gasteiger partial charge < -0.3 is 19.8 Å². The van der Waals surface area contributed by atoms with Crippen molar-refractivity contribution in [2.24, 2.45) is 0 Å². The first-order chi connectivity index (χ1) is 11.4. The Kier molecular flexibility index (Phi) is 32.3. The molecular weight excluding hydrogens is 366 g/mol. The van der Waals surface area contributed by atoms with Crippen LogP contribution in [0.25, 0.3) is 0 Å². The van der Waals surface area contributed by atoms with Gasteiger partial charge in [0.1, 0.15) is 0 Å². The van der Waals surface area contributed by atoms with Crippen LogP contribution < -0.4 is 0 Å². The molecule has 0 aliphatic carbocycles. The summed E-state index contributed by atoms with van der Waals surface area (Å²) in [4.78, 5) is 21.6. The Hall–Kier alpha value is 1.71. The third-order valence-electron chi connectivity index (χ3n) is 4.01. The zero-order chi connectivity index (χ0) is 18.5. The maximum absolute atomic E-state index is 8.88. The van der Waals surface area contributed by atoms with Crippen molar-refractivity contribution in [1.82, 2.24) is 0 Å². The maximum atomic E-state index is 8.88. The van der Waals surface area contributed by atoms with E-state index in [1.165, 1.54) is 96.3 Å². The van der Waals surface area contributed by atoms with Crippen LogP contribution in [0, 0.1) is 0 Å². The summed E-state index contributed by atoms with van der Waals surface area (Å²) >= 11 is 0. The zero-order valence-electron chi connectivity index (χ0n) is 15.7. The Morgan fingerprint density at radius 1 is 0.560 bits per heavy atom. The molecule has 0 radical (unpaired) electrons. The topological polar surface area (TPSA) is 98.0 Å². The molecule has 0 aliphatic rings. The summed E-state index contributed by atoms with van der Waals surface area (Å²) in [5, 5.41) is 8.67. The van der Waals surface area contributed by atoms with Gasteiger partial charge in [0.05, 0.1) is 0 Å². The summed E-state index contributed by atoms with van der Waals surface area (Å²) in [5.74, 6) is 0. The molecule has 25 heavy (non-hydrogen) atoms. The van der Waals surface area contributed by atoms with E-state index in [0.29, 0.717) is 6.61 Å². The van der Waals surface area contributed by atoms with E-state index in [0.717, 1.165) is 6.42 Å². The third kappa shape index (κ3) is 46.1. The molecule has 0 aliphatic heterocycles. The van der Waals surface area contributed by atoms with Crippen molar-refractivity contribution in [3.8, 4) is 0 Å². The molecule has 0 unspecified atom stereocenters. The summed E-state index contributed by atoms with van der Waals surface area (Å²) < 4.78 is 8.88. The van der Waals surface area contributed by atoms with E-state index in [1.807, 2.05) is 0 Å². The minimum absolute atomic E-state index is 0. The Morgan fingerprint density at radius 2 is 0.760 bits per heavy atom. The Morgan fingerprint density at radius 3 is 0.960 bits per heavy atom. The predicted molar refractivity (Wildman–Crippen MR) is 108 cm³/mol. The van der Waals surface area contributed by atoms with Gasteiger partial charge in [0, 0.05) is 6.61 Å². The Labute approximate surface area is 198 Å². The van der Waals surface area contributed by atoms with E-state index in [2.05, 4.69) is 6.92 Å². The van der Waals surface area contributed by atoms with Gasteiger partial charge in [-0.15, -0.1) is 0 Å². The van der Waals surface area contributed by atoms with Gasteiger partial charge >= 0.3 is 59.2 Å². The van der Waals surface area contributed by atoms with Gasteiger partial charge in [-0.2, -0.15) is 0 Å². The summed E-state index contributed by atoms with van der Waals surface area (Å²) in [6, 6.07) is 0. The zero-order valence-corrected chi connectivity index (χ0v) is 16.6. The van der Waals surface area contributed by atoms with Gasteiger partial charge in [0.15, 0.2) is 0 Å². The second-order valence-corrected chi connectivity index (χ2v) is 7.57. The van der Waals surface area contributed by atoms with Crippen LogP contribution in [-0.2, 0) is 4.57 Å². The molecule has 0 saturated heterocycles. The van der Waals surface area contributed by atoms with Crippen molar-refractivity contribution in [2.45, 2.75) is 110 Å². The number of rotatable bonds is 16. The van der Waals surface area contributed by atoms with Gasteiger partial charge in [-0.25, -0.2) is 4.57 Å². The molecular formula is C18H42KO5P. The molecule has 0 aromatic heterocycles. The molecule has 150 valence electrons. The van der Waals surface area contributed by atoms with Crippen LogP contribution in [0.1, 0.15) is 110 Å². The monoisotopic (exact) mass is 408 g/mol. The van der Waals surface area contributed by atoms with Crippen LogP contribution in [-0.4, -0.2) is 77.8 Å². The Bertz CT molecular complexity index is 250. The fraction of sp³-hybridized carbons (Fsp3) is 1.00. The molecule has 0 rings (SSSR count). The van der Waals surface area contributed by atoms with Gasteiger partial charge in [-0.05, 0) is 6.42 Å². The predicted octanol–water partition coefficient (Wildman–Crippen LogP) is 4.66. The SMILES string of the molecule is CCCCCCCCCCCCCCCCCCO.O=P(O)(O)O.[KH]. The number of aliphatic hydroxyl groups is 1. The fourth-order valence-corrected chi connectivity index (χ4v) is 2.66. The molecule has 0 saturated carbocycles. The molecule has 0 aromatic rings. The third-order valence-corrected chi connectivity index (χ3v) is 4.01. The molecule has 0 heterocycles. The molecule has 0 fully saturated rings. The van der Waals surface area contributed by atoms with Gasteiger partial charge in [-0.3, -0.25) is 0 Å². The van der Waals surface area contributed by atoms with Crippen molar-refractivity contribution >= 4 is 59.2 Å². The molecule has 0 atom stereocenters. The van der Waals surface area contributed by atoms with Crippen molar-refractivity contribution in [3.05, 3.63) is 0 Å². The average Bonchev–Trinajstić information content (AvgIpc) is 2.49. The standard InChI is InChI=1S/C18H38O.K.H3O4P.H/c1-2-3-4-5-6-7-8-9-10-11-12-13-14-15-16-17-18-19;;1-5(2,3)4;/h19H,2-18H2,1H3;;(H3,1,2,3,4);. The van der Waals surface area contributed by atoms with E-state index in [9.17, 15) is 0 Å². The van der Waals surface area contributed by atoms with Crippen LogP contribution in [0.2, 0.25) is 0 Å². The number of phosphoric acid groups is 1. The number of hydrogen-bond donors (Lipinski definition) is 4. The average molecular weight is 409 g/mol. The van der Waals surface area contributed by atoms with E-state index in [1.54, 1.807) is 0 Å². The number of unbranched alkanes of at least 4 members (excludes halogenated alkanes) is 15. The van der Waals surface area contributed by atoms with E-state index in [-0.39, 0.29) is 51.4 Å². The first-order valence-corrected chi connectivity index (χ1v) is 11.4. The summed E-state index contributed by atoms with van der Waals surface area (Å²) in [5.41, 5.74) is 0. The van der Waals surface area contributed by atoms with Crippen molar-refractivity contribution in [2.75, 3.05) is 6.61 Å². The first-order valence-electron chi connectivity index (χ1n) is 9.81. The minimum atomic E-state index is -4.64. The molecule has 4 N–H and O–H groups in total. The van der Waals surface area contributed by atoms with Gasteiger partial charge in [-0.1, -0.05) is 103 Å². The van der Waals surface area contributed by atoms with Crippen molar-refractivity contribution in [1.29, 1.82) is 0 Å². The fourth-order valence-electron chi connectivity index (χ4n) is 2.66. The van der Waals surface area contributed by atoms with E-state index < -0.39 is 7.82 Å². The van der Waals surface area contributed by atoms with Crippen LogP contribution in [0.3, 0.4) is 0 Å². The van der Waals surface area contributed by atoms with Crippen molar-refractivity contribution in [3.63, 3.8) is 0 Å². The second kappa shape index (κ2) is 25.7. The van der Waals surface area contributed by atoms with E-state index >= 15 is 0 Å². The first kappa shape index (κ1) is 31.4. The molecule has 0 aromatic carbocycles. The molecule has 5 nitrogen and oxygen atoms in total. The van der Waals surface area contributed by atoms with Gasteiger partial charge in [0.25, 0.3) is 0 Å². The number of aliphatic hydroxyl groups excluding tert-OH is 1. The van der Waals surface area contributed by atoms with E-state index in [4.69, 9.17) is 24.4 Å². The molecule has 0 bridgehead atoms. The second-order valence-electron chi connectivity index (χ2n) is 6.54. The van der Waals surface area contributed by atoms with Crippen LogP contribution >= 0.6 is 7.82 Å². The van der Waals surface area contributed by atoms with Crippen LogP contribution in [0.4, 0.5) is 0 Å². The quantitative estimate of drug-likeness (QED) is 0.169. The molecule has 0 amide bonds. The summed E-state index contributed by atoms with van der Waals surface area (Å²) in [6.45, 7) is 2.66. The Balaban J connectivity index is -0.000000704. The summed E-state index contributed by atoms with van der Waals surface area (Å²) in [7, 11) is -4.64. The van der Waals surface area contributed by atoms with Crippen LogP contribution in [0.15, 0.2) is 0 Å². The molecule has 7 heteroatoms.